The molecule has 0 spiro atoms. The first kappa shape index (κ1) is 18.8. The number of nitrogens with one attached hydrogen (secondary N) is 1. The Morgan fingerprint density at radius 2 is 2.00 bits per heavy atom. The van der Waals surface area contributed by atoms with Crippen LogP contribution < -0.4 is 15.6 Å². The Balaban J connectivity index is 1.74. The third kappa shape index (κ3) is 3.59. The van der Waals surface area contributed by atoms with Crippen molar-refractivity contribution in [3.05, 3.63) is 40.6 Å². The zero-order chi connectivity index (χ0) is 19.7. The minimum absolute atomic E-state index is 0.145. The van der Waals surface area contributed by atoms with Gasteiger partial charge in [-0.25, -0.2) is 0 Å². The number of carbonyl (C=O) groups excluding carboxylic acids is 1. The van der Waals surface area contributed by atoms with E-state index in [0.29, 0.717) is 10.6 Å². The molecule has 2 aromatic heterocycles. The number of hydrogen-bond acceptors (Lipinski definition) is 6. The highest BCUT2D eigenvalue weighted by Gasteiger charge is 2.19. The zero-order valence-electron chi connectivity index (χ0n) is 15.0. The van der Waals surface area contributed by atoms with Crippen LogP contribution in [0.25, 0.3) is 21.6 Å². The first-order valence-electron chi connectivity index (χ1n) is 9.07. The summed E-state index contributed by atoms with van der Waals surface area (Å²) in [4.78, 5) is 27.1. The lowest BCUT2D eigenvalue weighted by Gasteiger charge is -2.27. The van der Waals surface area contributed by atoms with Crippen LogP contribution in [0.1, 0.15) is 19.3 Å². The van der Waals surface area contributed by atoms with Crippen molar-refractivity contribution < 1.29 is 14.3 Å². The Labute approximate surface area is 170 Å². The van der Waals surface area contributed by atoms with Crippen LogP contribution >= 0.6 is 22.9 Å². The first-order chi connectivity index (χ1) is 13.6. The minimum Gasteiger partial charge on any atom is -0.501 e. The van der Waals surface area contributed by atoms with Crippen LogP contribution in [0.5, 0.6) is 5.75 Å². The topological polar surface area (TPSA) is 82.8 Å². The molecule has 1 aliphatic rings. The van der Waals surface area contributed by atoms with Gasteiger partial charge in [-0.15, -0.1) is 22.9 Å². The van der Waals surface area contributed by atoms with Crippen molar-refractivity contribution in [2.75, 3.05) is 29.2 Å². The number of alkyl halides is 1. The van der Waals surface area contributed by atoms with E-state index in [9.17, 15) is 14.7 Å². The first-order valence-corrected chi connectivity index (χ1v) is 10.4. The van der Waals surface area contributed by atoms with Gasteiger partial charge in [-0.2, -0.15) is 0 Å². The van der Waals surface area contributed by atoms with Gasteiger partial charge in [0.2, 0.25) is 17.1 Å². The summed E-state index contributed by atoms with van der Waals surface area (Å²) in [6.07, 6.45) is 3.58. The fraction of sp³-hybridized carbons (Fsp3) is 0.300. The number of halogens is 1. The predicted molar refractivity (Wildman–Crippen MR) is 113 cm³/mol. The van der Waals surface area contributed by atoms with Crippen LogP contribution in [-0.2, 0) is 4.79 Å². The number of fused-ring (bicyclic) bond motifs is 1. The van der Waals surface area contributed by atoms with E-state index >= 15 is 0 Å². The molecular formula is C20H19ClN2O4S. The highest BCUT2D eigenvalue weighted by molar-refractivity contribution is 7.19. The molecule has 0 atom stereocenters. The molecule has 0 saturated carbocycles. The predicted octanol–water partition coefficient (Wildman–Crippen LogP) is 4.39. The maximum atomic E-state index is 12.6. The van der Waals surface area contributed by atoms with Crippen molar-refractivity contribution >= 4 is 50.5 Å². The molecule has 6 nitrogen and oxygen atoms in total. The van der Waals surface area contributed by atoms with Crippen molar-refractivity contribution in [2.45, 2.75) is 19.3 Å². The molecule has 1 aliphatic heterocycles. The van der Waals surface area contributed by atoms with Gasteiger partial charge in [0.15, 0.2) is 5.76 Å². The Morgan fingerprint density at radius 3 is 2.75 bits per heavy atom. The number of anilines is 2. The van der Waals surface area contributed by atoms with Crippen molar-refractivity contribution in [1.82, 2.24) is 0 Å². The molecule has 1 fully saturated rings. The van der Waals surface area contributed by atoms with E-state index in [1.807, 2.05) is 12.1 Å². The van der Waals surface area contributed by atoms with E-state index in [4.69, 9.17) is 16.0 Å². The number of rotatable bonds is 4. The summed E-state index contributed by atoms with van der Waals surface area (Å²) in [5.74, 6) is -0.785. The summed E-state index contributed by atoms with van der Waals surface area (Å²) in [6, 6.07) is 8.50. The highest BCUT2D eigenvalue weighted by Crippen LogP contribution is 2.39. The molecule has 3 aromatic rings. The lowest BCUT2D eigenvalue weighted by Crippen LogP contribution is -2.28. The molecule has 2 N–H and O–H groups in total. The molecule has 0 bridgehead atoms. The Kier molecular flexibility index (Phi) is 5.28. The second-order valence-corrected chi connectivity index (χ2v) is 8.02. The van der Waals surface area contributed by atoms with E-state index in [0.717, 1.165) is 18.1 Å². The van der Waals surface area contributed by atoms with Crippen LogP contribution in [0, 0.1) is 0 Å². The number of nitrogens with zero attached hydrogens (tertiary/aromatic N) is 1. The largest absolute Gasteiger partial charge is 0.501 e. The van der Waals surface area contributed by atoms with Crippen LogP contribution in [0.3, 0.4) is 0 Å². The van der Waals surface area contributed by atoms with Gasteiger partial charge < -0.3 is 19.7 Å². The summed E-state index contributed by atoms with van der Waals surface area (Å²) >= 11 is 7.01. The number of carbonyl (C=O) groups is 1. The molecule has 1 amide bonds. The van der Waals surface area contributed by atoms with Gasteiger partial charge >= 0.3 is 0 Å². The number of piperidine rings is 1. The molecule has 0 aliphatic carbocycles. The van der Waals surface area contributed by atoms with Crippen molar-refractivity contribution in [1.29, 1.82) is 0 Å². The maximum Gasteiger partial charge on any atom is 0.239 e. The Morgan fingerprint density at radius 1 is 1.21 bits per heavy atom. The fourth-order valence-corrected chi connectivity index (χ4v) is 4.46. The number of amides is 1. The molecule has 3 heterocycles. The van der Waals surface area contributed by atoms with E-state index in [1.54, 1.807) is 12.1 Å². The Hall–Kier alpha value is -2.51. The molecule has 1 aromatic carbocycles. The summed E-state index contributed by atoms with van der Waals surface area (Å²) in [6.45, 7) is 2.02. The normalized spacial score (nSPS) is 14.4. The third-order valence-corrected chi connectivity index (χ3v) is 6.14. The fourth-order valence-electron chi connectivity index (χ4n) is 3.36. The van der Waals surface area contributed by atoms with E-state index in [2.05, 4.69) is 10.2 Å². The van der Waals surface area contributed by atoms with Crippen LogP contribution in [0.15, 0.2) is 39.5 Å². The number of aromatic hydroxyl groups is 1. The van der Waals surface area contributed by atoms with Gasteiger partial charge in [-0.1, -0.05) is 0 Å². The van der Waals surface area contributed by atoms with Crippen molar-refractivity contribution in [3.63, 3.8) is 0 Å². The molecule has 0 radical (unpaired) electrons. The van der Waals surface area contributed by atoms with E-state index < -0.39 is 11.2 Å². The van der Waals surface area contributed by atoms with Gasteiger partial charge in [0.1, 0.15) is 11.5 Å². The number of hydrogen-bond donors (Lipinski definition) is 2. The Bertz CT molecular complexity index is 1090. The second-order valence-electron chi connectivity index (χ2n) is 6.69. The van der Waals surface area contributed by atoms with Crippen molar-refractivity contribution in [2.24, 2.45) is 0 Å². The zero-order valence-corrected chi connectivity index (χ0v) is 16.6. The van der Waals surface area contributed by atoms with Gasteiger partial charge in [-0.3, -0.25) is 9.59 Å². The monoisotopic (exact) mass is 418 g/mol. The number of thiophene rings is 1. The summed E-state index contributed by atoms with van der Waals surface area (Å²) in [7, 11) is 0. The minimum atomic E-state index is -0.501. The lowest BCUT2D eigenvalue weighted by molar-refractivity contribution is -0.113. The van der Waals surface area contributed by atoms with Gasteiger partial charge in [-0.05, 0) is 43.5 Å². The third-order valence-electron chi connectivity index (χ3n) is 4.76. The SMILES string of the molecule is O=C(CCl)Nc1ccc2c(=O)c(O)c(-c3ccc(N4CCCCC4)s3)oc2c1. The van der Waals surface area contributed by atoms with Crippen molar-refractivity contribution in [3.8, 4) is 16.4 Å². The molecular weight excluding hydrogens is 400 g/mol. The summed E-state index contributed by atoms with van der Waals surface area (Å²) in [5.41, 5.74) is 0.260. The van der Waals surface area contributed by atoms with Gasteiger partial charge in [0.25, 0.3) is 0 Å². The maximum absolute atomic E-state index is 12.6. The number of benzene rings is 1. The highest BCUT2D eigenvalue weighted by atomic mass is 35.5. The van der Waals surface area contributed by atoms with Crippen LogP contribution in [0.4, 0.5) is 10.7 Å². The van der Waals surface area contributed by atoms with Gasteiger partial charge in [0, 0.05) is 24.8 Å². The standard InChI is InChI=1S/C20H19ClN2O4S/c21-11-16(24)22-12-4-5-13-14(10-12)27-20(19(26)18(13)25)15-6-7-17(28-15)23-8-2-1-3-9-23/h4-7,10,26H,1-3,8-9,11H2,(H,22,24). The second kappa shape index (κ2) is 7.85. The van der Waals surface area contributed by atoms with Crippen LogP contribution in [-0.4, -0.2) is 30.0 Å². The van der Waals surface area contributed by atoms with E-state index in [-0.39, 0.29) is 28.5 Å². The average molecular weight is 419 g/mol. The van der Waals surface area contributed by atoms with Gasteiger partial charge in [0.05, 0.1) is 15.3 Å². The quantitative estimate of drug-likeness (QED) is 0.614. The summed E-state index contributed by atoms with van der Waals surface area (Å²) in [5, 5.41) is 14.4. The van der Waals surface area contributed by atoms with E-state index in [1.165, 1.54) is 36.7 Å². The molecule has 28 heavy (non-hydrogen) atoms. The summed E-state index contributed by atoms with van der Waals surface area (Å²) < 4.78 is 5.87. The molecule has 0 unspecified atom stereocenters. The lowest BCUT2D eigenvalue weighted by atomic mass is 10.1. The molecule has 1 saturated heterocycles. The smallest absolute Gasteiger partial charge is 0.239 e. The molecule has 4 rings (SSSR count). The average Bonchev–Trinajstić information content (AvgIpc) is 3.21. The molecule has 146 valence electrons. The van der Waals surface area contributed by atoms with Crippen LogP contribution in [0.2, 0.25) is 0 Å². The molecule has 8 heteroatoms.